The van der Waals surface area contributed by atoms with E-state index in [2.05, 4.69) is 0 Å². The number of carbonyl (C=O) groups is 1. The first kappa shape index (κ1) is 15.4. The zero-order chi connectivity index (χ0) is 14.7. The molecule has 1 fully saturated rings. The summed E-state index contributed by atoms with van der Waals surface area (Å²) >= 11 is 11.8. The molecule has 20 heavy (non-hydrogen) atoms. The van der Waals surface area contributed by atoms with Gasteiger partial charge in [0.05, 0.1) is 16.1 Å². The second-order valence-electron chi connectivity index (χ2n) is 5.08. The molecule has 0 spiro atoms. The van der Waals surface area contributed by atoms with E-state index >= 15 is 0 Å². The zero-order valence-corrected chi connectivity index (χ0v) is 12.7. The van der Waals surface area contributed by atoms with Crippen LogP contribution in [0.15, 0.2) is 24.3 Å². The van der Waals surface area contributed by atoms with Crippen LogP contribution >= 0.6 is 23.2 Å². The Labute approximate surface area is 128 Å². The number of aliphatic hydroxyl groups excluding tert-OH is 1. The average Bonchev–Trinajstić information content (AvgIpc) is 2.89. The first-order chi connectivity index (χ1) is 9.47. The molecule has 5 heteroatoms. The Bertz CT molecular complexity index is 529. The third-order valence-electron chi connectivity index (χ3n) is 3.58. The smallest absolute Gasteiger partial charge is 0.246 e. The summed E-state index contributed by atoms with van der Waals surface area (Å²) in [5.74, 6) is 0.136. The second-order valence-corrected chi connectivity index (χ2v) is 5.89. The van der Waals surface area contributed by atoms with Crippen molar-refractivity contribution in [1.82, 2.24) is 4.90 Å². The molecule has 1 heterocycles. The molecule has 0 aromatic heterocycles. The van der Waals surface area contributed by atoms with Crippen LogP contribution in [0.5, 0.6) is 0 Å². The van der Waals surface area contributed by atoms with Gasteiger partial charge in [0, 0.05) is 25.1 Å². The van der Waals surface area contributed by atoms with Crippen LogP contribution in [0.2, 0.25) is 10.0 Å². The predicted octanol–water partition coefficient (Wildman–Crippen LogP) is 3.24. The van der Waals surface area contributed by atoms with Gasteiger partial charge in [-0.05, 0) is 37.1 Å². The molecule has 108 valence electrons. The summed E-state index contributed by atoms with van der Waals surface area (Å²) in [5.41, 5.74) is 0.832. The third-order valence-corrected chi connectivity index (χ3v) is 4.32. The number of hydrogen-bond donors (Lipinski definition) is 1. The molecule has 1 amide bonds. The van der Waals surface area contributed by atoms with Crippen LogP contribution in [0, 0.1) is 5.92 Å². The summed E-state index contributed by atoms with van der Waals surface area (Å²) in [6.07, 6.45) is 3.74. The summed E-state index contributed by atoms with van der Waals surface area (Å²) in [6.45, 7) is 3.08. The van der Waals surface area contributed by atoms with Gasteiger partial charge in [0.1, 0.15) is 0 Å². The van der Waals surface area contributed by atoms with Gasteiger partial charge in [-0.2, -0.15) is 0 Å². The summed E-state index contributed by atoms with van der Waals surface area (Å²) in [7, 11) is 0. The van der Waals surface area contributed by atoms with Crippen molar-refractivity contribution in [1.29, 1.82) is 0 Å². The summed E-state index contributed by atoms with van der Waals surface area (Å²) in [6, 6.07) is 5.23. The van der Waals surface area contributed by atoms with Gasteiger partial charge in [0.25, 0.3) is 0 Å². The number of amides is 1. The minimum Gasteiger partial charge on any atom is -0.393 e. The average molecular weight is 314 g/mol. The lowest BCUT2D eigenvalue weighted by Gasteiger charge is -2.15. The largest absolute Gasteiger partial charge is 0.393 e. The Hall–Kier alpha value is -1.03. The lowest BCUT2D eigenvalue weighted by molar-refractivity contribution is -0.125. The molecule has 0 saturated carbocycles. The van der Waals surface area contributed by atoms with Gasteiger partial charge in [0.15, 0.2) is 0 Å². The van der Waals surface area contributed by atoms with E-state index < -0.39 is 0 Å². The number of hydrogen-bond acceptors (Lipinski definition) is 2. The Balaban J connectivity index is 1.97. The molecule has 3 nitrogen and oxygen atoms in total. The number of nitrogens with zero attached hydrogens (tertiary/aromatic N) is 1. The predicted molar refractivity (Wildman–Crippen MR) is 81.9 cm³/mol. The molecule has 1 aromatic carbocycles. The van der Waals surface area contributed by atoms with Gasteiger partial charge in [0.2, 0.25) is 5.91 Å². The Kier molecular flexibility index (Phi) is 5.08. The molecule has 1 saturated heterocycles. The van der Waals surface area contributed by atoms with Gasteiger partial charge in [-0.15, -0.1) is 0 Å². The zero-order valence-electron chi connectivity index (χ0n) is 11.2. The van der Waals surface area contributed by atoms with Gasteiger partial charge in [-0.25, -0.2) is 0 Å². The highest BCUT2D eigenvalue weighted by Crippen LogP contribution is 2.23. The van der Waals surface area contributed by atoms with E-state index in [1.165, 1.54) is 6.08 Å². The molecule has 1 aromatic rings. The van der Waals surface area contributed by atoms with Crippen LogP contribution in [-0.2, 0) is 4.79 Å². The van der Waals surface area contributed by atoms with Crippen molar-refractivity contribution in [2.24, 2.45) is 5.92 Å². The fraction of sp³-hybridized carbons (Fsp3) is 0.400. The van der Waals surface area contributed by atoms with E-state index in [0.29, 0.717) is 23.1 Å². The summed E-state index contributed by atoms with van der Waals surface area (Å²) in [4.78, 5) is 13.8. The highest BCUT2D eigenvalue weighted by Gasteiger charge is 2.27. The Morgan fingerprint density at radius 3 is 2.80 bits per heavy atom. The Morgan fingerprint density at radius 1 is 1.45 bits per heavy atom. The number of benzene rings is 1. The van der Waals surface area contributed by atoms with E-state index in [1.807, 2.05) is 0 Å². The normalized spacial score (nSPS) is 20.6. The van der Waals surface area contributed by atoms with Crippen molar-refractivity contribution < 1.29 is 9.90 Å². The molecular formula is C15H17Cl2NO2. The SMILES string of the molecule is CC(O)C1CCN(C(=O)/C=C/c2ccc(Cl)c(Cl)c2)C1. The third kappa shape index (κ3) is 3.75. The fourth-order valence-electron chi connectivity index (χ4n) is 2.27. The van der Waals surface area contributed by atoms with Crippen LogP contribution in [0.1, 0.15) is 18.9 Å². The van der Waals surface area contributed by atoms with E-state index in [9.17, 15) is 9.90 Å². The molecule has 0 radical (unpaired) electrons. The van der Waals surface area contributed by atoms with Crippen LogP contribution < -0.4 is 0 Å². The fourth-order valence-corrected chi connectivity index (χ4v) is 2.58. The first-order valence-corrected chi connectivity index (χ1v) is 7.33. The van der Waals surface area contributed by atoms with Crippen LogP contribution in [0.4, 0.5) is 0 Å². The first-order valence-electron chi connectivity index (χ1n) is 6.57. The molecular weight excluding hydrogens is 297 g/mol. The molecule has 2 rings (SSSR count). The number of aliphatic hydroxyl groups is 1. The highest BCUT2D eigenvalue weighted by molar-refractivity contribution is 6.42. The maximum atomic E-state index is 12.0. The van der Waals surface area contributed by atoms with Crippen LogP contribution in [0.3, 0.4) is 0 Å². The minimum absolute atomic E-state index is 0.0424. The van der Waals surface area contributed by atoms with Gasteiger partial charge in [-0.3, -0.25) is 4.79 Å². The molecule has 1 aliphatic rings. The summed E-state index contributed by atoms with van der Waals surface area (Å²) in [5, 5.41) is 10.5. The summed E-state index contributed by atoms with van der Waals surface area (Å²) < 4.78 is 0. The van der Waals surface area contributed by atoms with Gasteiger partial charge in [-0.1, -0.05) is 29.3 Å². The number of rotatable bonds is 3. The molecule has 0 bridgehead atoms. The molecule has 2 unspecified atom stereocenters. The van der Waals surface area contributed by atoms with Gasteiger partial charge < -0.3 is 10.0 Å². The Morgan fingerprint density at radius 2 is 2.20 bits per heavy atom. The number of likely N-dealkylation sites (tertiary alicyclic amines) is 1. The van der Waals surface area contributed by atoms with Crippen molar-refractivity contribution in [2.75, 3.05) is 13.1 Å². The topological polar surface area (TPSA) is 40.5 Å². The van der Waals surface area contributed by atoms with Crippen LogP contribution in [0.25, 0.3) is 6.08 Å². The maximum absolute atomic E-state index is 12.0. The van der Waals surface area contributed by atoms with Crippen molar-refractivity contribution in [2.45, 2.75) is 19.4 Å². The molecule has 0 aliphatic carbocycles. The minimum atomic E-state index is -0.369. The standard InChI is InChI=1S/C15H17Cl2NO2/c1-10(19)12-6-7-18(9-12)15(20)5-3-11-2-4-13(16)14(17)8-11/h2-5,8,10,12,19H,6-7,9H2,1H3/b5-3+. The van der Waals surface area contributed by atoms with Crippen LogP contribution in [-0.4, -0.2) is 35.1 Å². The number of carbonyl (C=O) groups excluding carboxylic acids is 1. The number of halogens is 2. The quantitative estimate of drug-likeness (QED) is 0.870. The molecule has 1 N–H and O–H groups in total. The van der Waals surface area contributed by atoms with Crippen molar-refractivity contribution in [3.8, 4) is 0 Å². The van der Waals surface area contributed by atoms with E-state index in [-0.39, 0.29) is 17.9 Å². The van der Waals surface area contributed by atoms with Crippen molar-refractivity contribution in [3.05, 3.63) is 39.9 Å². The second kappa shape index (κ2) is 6.61. The van der Waals surface area contributed by atoms with E-state index in [4.69, 9.17) is 23.2 Å². The van der Waals surface area contributed by atoms with E-state index in [0.717, 1.165) is 12.0 Å². The lowest BCUT2D eigenvalue weighted by atomic mass is 10.0. The van der Waals surface area contributed by atoms with E-state index in [1.54, 1.807) is 36.1 Å². The van der Waals surface area contributed by atoms with Crippen molar-refractivity contribution >= 4 is 35.2 Å². The monoisotopic (exact) mass is 313 g/mol. The highest BCUT2D eigenvalue weighted by atomic mass is 35.5. The van der Waals surface area contributed by atoms with Gasteiger partial charge >= 0.3 is 0 Å². The lowest BCUT2D eigenvalue weighted by Crippen LogP contribution is -2.28. The van der Waals surface area contributed by atoms with Crippen molar-refractivity contribution in [3.63, 3.8) is 0 Å². The molecule has 1 aliphatic heterocycles. The maximum Gasteiger partial charge on any atom is 0.246 e. The molecule has 2 atom stereocenters.